The molecule has 0 saturated carbocycles. The number of unbranched alkanes of at least 4 members (excludes halogenated alkanes) is 11. The van der Waals surface area contributed by atoms with Crippen LogP contribution in [0.5, 0.6) is 0 Å². The molecule has 0 N–H and O–H groups in total. The largest absolute Gasteiger partial charge is 0.287 e. The lowest BCUT2D eigenvalue weighted by Crippen LogP contribution is -1.89. The van der Waals surface area contributed by atoms with Crippen molar-refractivity contribution < 1.29 is 4.79 Å². The van der Waals surface area contributed by atoms with Gasteiger partial charge in [0, 0.05) is 6.42 Å². The van der Waals surface area contributed by atoms with E-state index in [1.54, 1.807) is 0 Å². The van der Waals surface area contributed by atoms with Crippen LogP contribution in [0.1, 0.15) is 90.4 Å². The predicted molar refractivity (Wildman–Crippen MR) is 84.2 cm³/mol. The van der Waals surface area contributed by atoms with Gasteiger partial charge in [-0.15, -0.1) is 0 Å². The summed E-state index contributed by atoms with van der Waals surface area (Å²) in [4.78, 5) is 11.1. The summed E-state index contributed by atoms with van der Waals surface area (Å²) in [5.74, 6) is 0. The molecule has 0 aliphatic heterocycles. The van der Waals surface area contributed by atoms with E-state index in [4.69, 9.17) is 0 Å². The lowest BCUT2D eigenvalue weighted by atomic mass is 10.0. The molecule has 0 aliphatic rings. The van der Waals surface area contributed by atoms with Crippen LogP contribution in [-0.4, -0.2) is 11.4 Å². The van der Waals surface area contributed by atoms with Crippen molar-refractivity contribution in [2.24, 2.45) is 0 Å². The highest BCUT2D eigenvalue weighted by Gasteiger charge is 1.98. The Hall–Kier alpha value is 0.0200. The second-order valence-electron chi connectivity index (χ2n) is 5.22. The van der Waals surface area contributed by atoms with Gasteiger partial charge >= 0.3 is 0 Å². The van der Waals surface area contributed by atoms with Crippen molar-refractivity contribution in [3.8, 4) is 0 Å². The summed E-state index contributed by atoms with van der Waals surface area (Å²) in [5.41, 5.74) is 0. The first-order chi connectivity index (χ1) is 8.81. The van der Waals surface area contributed by atoms with Gasteiger partial charge < -0.3 is 0 Å². The number of carbonyl (C=O) groups is 1. The van der Waals surface area contributed by atoms with Crippen LogP contribution in [-0.2, 0) is 4.79 Å². The fourth-order valence-corrected chi connectivity index (χ4v) is 2.56. The van der Waals surface area contributed by atoms with E-state index >= 15 is 0 Å². The maximum absolute atomic E-state index is 11.1. The van der Waals surface area contributed by atoms with Crippen LogP contribution in [0.15, 0.2) is 0 Å². The van der Waals surface area contributed by atoms with Gasteiger partial charge in [0.15, 0.2) is 5.12 Å². The van der Waals surface area contributed by atoms with Crippen LogP contribution < -0.4 is 0 Å². The third-order valence-corrected chi connectivity index (χ3v) is 4.12. The van der Waals surface area contributed by atoms with Gasteiger partial charge in [-0.2, -0.15) is 0 Å². The van der Waals surface area contributed by atoms with Crippen LogP contribution in [0, 0.1) is 0 Å². The van der Waals surface area contributed by atoms with Gasteiger partial charge in [0.2, 0.25) is 0 Å². The Labute approximate surface area is 118 Å². The van der Waals surface area contributed by atoms with E-state index in [-0.39, 0.29) is 0 Å². The summed E-state index contributed by atoms with van der Waals surface area (Å²) < 4.78 is 0. The molecule has 108 valence electrons. The molecule has 0 aromatic carbocycles. The number of thioether (sulfide) groups is 1. The first kappa shape index (κ1) is 18.0. The summed E-state index contributed by atoms with van der Waals surface area (Å²) in [6.07, 6.45) is 19.0. The minimum Gasteiger partial charge on any atom is -0.287 e. The normalized spacial score (nSPS) is 10.8. The fraction of sp³-hybridized carbons (Fsp3) is 0.938. The van der Waals surface area contributed by atoms with Crippen LogP contribution >= 0.6 is 11.8 Å². The van der Waals surface area contributed by atoms with E-state index in [9.17, 15) is 4.79 Å². The van der Waals surface area contributed by atoms with Crippen LogP contribution in [0.4, 0.5) is 0 Å². The van der Waals surface area contributed by atoms with Crippen molar-refractivity contribution in [2.75, 3.05) is 6.26 Å². The molecule has 0 unspecified atom stereocenters. The third kappa shape index (κ3) is 14.1. The standard InChI is InChI=1S/C16H32OS/c1-3-4-5-6-7-8-9-10-11-12-13-14-15-16(17)18-2/h3-15H2,1-2H3. The Morgan fingerprint density at radius 3 is 1.50 bits per heavy atom. The minimum atomic E-state index is 0.349. The summed E-state index contributed by atoms with van der Waals surface area (Å²) in [5, 5.41) is 0.349. The van der Waals surface area contributed by atoms with Crippen molar-refractivity contribution in [2.45, 2.75) is 90.4 Å². The molecule has 0 spiro atoms. The summed E-state index contributed by atoms with van der Waals surface area (Å²) in [6, 6.07) is 0. The van der Waals surface area contributed by atoms with Gasteiger partial charge in [-0.25, -0.2) is 0 Å². The molecule has 0 bridgehead atoms. The molecule has 0 heterocycles. The van der Waals surface area contributed by atoms with E-state index in [2.05, 4.69) is 6.92 Å². The van der Waals surface area contributed by atoms with E-state index in [1.807, 2.05) is 6.26 Å². The number of rotatable bonds is 13. The highest BCUT2D eigenvalue weighted by molar-refractivity contribution is 8.13. The van der Waals surface area contributed by atoms with Crippen LogP contribution in [0.3, 0.4) is 0 Å². The number of carbonyl (C=O) groups excluding carboxylic acids is 1. The molecule has 0 aliphatic carbocycles. The third-order valence-electron chi connectivity index (χ3n) is 3.46. The zero-order chi connectivity index (χ0) is 13.5. The highest BCUT2D eigenvalue weighted by atomic mass is 32.2. The van der Waals surface area contributed by atoms with Gasteiger partial charge in [-0.1, -0.05) is 89.3 Å². The Morgan fingerprint density at radius 1 is 0.722 bits per heavy atom. The lowest BCUT2D eigenvalue weighted by Gasteiger charge is -2.02. The van der Waals surface area contributed by atoms with Crippen LogP contribution in [0.25, 0.3) is 0 Å². The van der Waals surface area contributed by atoms with E-state index in [0.29, 0.717) is 5.12 Å². The quantitative estimate of drug-likeness (QED) is 0.384. The molecule has 0 radical (unpaired) electrons. The molecule has 2 heteroatoms. The molecular formula is C16H32OS. The van der Waals surface area contributed by atoms with Crippen molar-refractivity contribution in [3.63, 3.8) is 0 Å². The first-order valence-corrected chi connectivity index (χ1v) is 9.10. The molecule has 0 amide bonds. The molecular weight excluding hydrogens is 240 g/mol. The second kappa shape index (κ2) is 15.1. The maximum Gasteiger partial charge on any atom is 0.188 e. The van der Waals surface area contributed by atoms with E-state index in [1.165, 1.54) is 82.4 Å². The van der Waals surface area contributed by atoms with Crippen molar-refractivity contribution in [1.82, 2.24) is 0 Å². The molecule has 0 aromatic heterocycles. The van der Waals surface area contributed by atoms with Crippen LogP contribution in [0.2, 0.25) is 0 Å². The lowest BCUT2D eigenvalue weighted by molar-refractivity contribution is -0.111. The van der Waals surface area contributed by atoms with Gasteiger partial charge in [-0.3, -0.25) is 4.79 Å². The molecule has 18 heavy (non-hydrogen) atoms. The molecule has 0 atom stereocenters. The Morgan fingerprint density at radius 2 is 1.11 bits per heavy atom. The zero-order valence-corrected chi connectivity index (χ0v) is 13.3. The van der Waals surface area contributed by atoms with Crippen molar-refractivity contribution in [1.29, 1.82) is 0 Å². The fourth-order valence-electron chi connectivity index (χ4n) is 2.21. The van der Waals surface area contributed by atoms with Gasteiger partial charge in [-0.05, 0) is 12.7 Å². The van der Waals surface area contributed by atoms with Crippen molar-refractivity contribution >= 4 is 16.9 Å². The highest BCUT2D eigenvalue weighted by Crippen LogP contribution is 2.13. The predicted octanol–water partition coefficient (Wildman–Crippen LogP) is 5.97. The average Bonchev–Trinajstić information content (AvgIpc) is 2.39. The van der Waals surface area contributed by atoms with Gasteiger partial charge in [0.1, 0.15) is 0 Å². The number of hydrogen-bond acceptors (Lipinski definition) is 2. The molecule has 1 nitrogen and oxygen atoms in total. The molecule has 0 saturated heterocycles. The van der Waals surface area contributed by atoms with E-state index < -0.39 is 0 Å². The maximum atomic E-state index is 11.1. The Balaban J connectivity index is 2.97. The Bertz CT molecular complexity index is 180. The van der Waals surface area contributed by atoms with Crippen molar-refractivity contribution in [3.05, 3.63) is 0 Å². The summed E-state index contributed by atoms with van der Waals surface area (Å²) in [7, 11) is 0. The van der Waals surface area contributed by atoms with Gasteiger partial charge in [0.05, 0.1) is 0 Å². The average molecular weight is 272 g/mol. The van der Waals surface area contributed by atoms with Gasteiger partial charge in [0.25, 0.3) is 0 Å². The minimum absolute atomic E-state index is 0.349. The monoisotopic (exact) mass is 272 g/mol. The smallest absolute Gasteiger partial charge is 0.188 e. The second-order valence-corrected chi connectivity index (χ2v) is 6.08. The summed E-state index contributed by atoms with van der Waals surface area (Å²) >= 11 is 1.37. The zero-order valence-electron chi connectivity index (χ0n) is 12.5. The first-order valence-electron chi connectivity index (χ1n) is 7.88. The SMILES string of the molecule is CCCCCCCCCCCCCCC(=O)SC. The molecule has 0 rings (SSSR count). The summed E-state index contributed by atoms with van der Waals surface area (Å²) in [6.45, 7) is 2.27. The Kier molecular flexibility index (Phi) is 15.1. The van der Waals surface area contributed by atoms with E-state index in [0.717, 1.165) is 12.8 Å². The molecule has 0 fully saturated rings. The topological polar surface area (TPSA) is 17.1 Å². The molecule has 0 aromatic rings. The number of hydrogen-bond donors (Lipinski definition) is 0.